The molecule has 2 aromatic heterocycles. The number of hydrogen-bond acceptors (Lipinski definition) is 3. The largest absolute Gasteiger partial charge is 0.435 e. The molecule has 0 fully saturated rings. The highest BCUT2D eigenvalue weighted by molar-refractivity contribution is 5.24. The maximum atomic E-state index is 13.1. The lowest BCUT2D eigenvalue weighted by Gasteiger charge is -2.04. The van der Waals surface area contributed by atoms with Gasteiger partial charge in [-0.1, -0.05) is 0 Å². The van der Waals surface area contributed by atoms with Crippen LogP contribution in [-0.4, -0.2) is 9.97 Å². The monoisotopic (exact) mass is 226 g/mol. The van der Waals surface area contributed by atoms with Crippen LogP contribution in [0.15, 0.2) is 30.6 Å². The Labute approximate surface area is 88.5 Å². The summed E-state index contributed by atoms with van der Waals surface area (Å²) in [7, 11) is 0. The molecule has 2 aromatic rings. The topological polar surface area (TPSA) is 35.0 Å². The Balaban J connectivity index is 2.32. The fourth-order valence-corrected chi connectivity index (χ4v) is 1.02. The minimum Gasteiger partial charge on any atom is -0.435 e. The summed E-state index contributed by atoms with van der Waals surface area (Å²) in [6.07, 6.45) is 2.78. The van der Waals surface area contributed by atoms with Crippen LogP contribution in [0.5, 0.6) is 11.6 Å². The van der Waals surface area contributed by atoms with Gasteiger partial charge in [0.1, 0.15) is 5.75 Å². The molecule has 3 nitrogen and oxygen atoms in total. The molecule has 0 amide bonds. The molecule has 0 aliphatic heterocycles. The molecule has 2 rings (SSSR count). The van der Waals surface area contributed by atoms with Gasteiger partial charge in [0.2, 0.25) is 0 Å². The molecule has 2 heterocycles. The number of rotatable bonds is 2. The van der Waals surface area contributed by atoms with Crippen LogP contribution in [0.1, 0.15) is 0 Å². The molecule has 0 N–H and O–H groups in total. The second-order valence-corrected chi connectivity index (χ2v) is 2.84. The number of halogens is 3. The van der Waals surface area contributed by atoms with E-state index in [0.29, 0.717) is 6.07 Å². The lowest BCUT2D eigenvalue weighted by Crippen LogP contribution is -1.98. The predicted octanol–water partition coefficient (Wildman–Crippen LogP) is 2.69. The number of ether oxygens (including phenoxy) is 1. The summed E-state index contributed by atoms with van der Waals surface area (Å²) in [5.74, 6) is -4.31. The quantitative estimate of drug-likeness (QED) is 0.738. The molecule has 0 aromatic carbocycles. The summed E-state index contributed by atoms with van der Waals surface area (Å²) in [6, 6.07) is 3.40. The van der Waals surface area contributed by atoms with Crippen molar-refractivity contribution >= 4 is 0 Å². The van der Waals surface area contributed by atoms with E-state index in [-0.39, 0.29) is 5.75 Å². The number of nitrogens with zero attached hydrogens (tertiary/aromatic N) is 2. The van der Waals surface area contributed by atoms with Gasteiger partial charge in [0.25, 0.3) is 11.8 Å². The summed E-state index contributed by atoms with van der Waals surface area (Å²) in [5.41, 5.74) is 0. The minimum atomic E-state index is -1.42. The van der Waals surface area contributed by atoms with Crippen molar-refractivity contribution < 1.29 is 17.9 Å². The number of pyridine rings is 2. The van der Waals surface area contributed by atoms with E-state index in [0.717, 1.165) is 0 Å². The van der Waals surface area contributed by atoms with Crippen molar-refractivity contribution in [2.24, 2.45) is 0 Å². The first-order valence-corrected chi connectivity index (χ1v) is 4.26. The highest BCUT2D eigenvalue weighted by Crippen LogP contribution is 2.22. The molecule has 16 heavy (non-hydrogen) atoms. The van der Waals surface area contributed by atoms with Crippen molar-refractivity contribution in [3.63, 3.8) is 0 Å². The zero-order chi connectivity index (χ0) is 11.5. The fraction of sp³-hybridized carbons (Fsp3) is 0. The molecule has 0 unspecified atom stereocenters. The third-order valence-electron chi connectivity index (χ3n) is 1.70. The highest BCUT2D eigenvalue weighted by atomic mass is 19.2. The van der Waals surface area contributed by atoms with E-state index >= 15 is 0 Å². The first kappa shape index (κ1) is 10.4. The molecule has 0 aliphatic rings. The van der Waals surface area contributed by atoms with E-state index in [9.17, 15) is 13.2 Å². The Morgan fingerprint density at radius 1 is 1.12 bits per heavy atom. The average molecular weight is 226 g/mol. The van der Waals surface area contributed by atoms with E-state index in [4.69, 9.17) is 4.74 Å². The van der Waals surface area contributed by atoms with Crippen molar-refractivity contribution in [2.75, 3.05) is 0 Å². The molecule has 0 bridgehead atoms. The molecule has 0 saturated carbocycles. The van der Waals surface area contributed by atoms with Crippen LogP contribution < -0.4 is 4.74 Å². The van der Waals surface area contributed by atoms with Gasteiger partial charge in [-0.3, -0.25) is 4.98 Å². The second-order valence-electron chi connectivity index (χ2n) is 2.84. The van der Waals surface area contributed by atoms with Gasteiger partial charge in [0.05, 0.1) is 6.20 Å². The summed E-state index contributed by atoms with van der Waals surface area (Å²) in [5, 5.41) is 0. The molecule has 6 heteroatoms. The molecule has 82 valence electrons. The van der Waals surface area contributed by atoms with Gasteiger partial charge in [-0.25, -0.2) is 8.78 Å². The van der Waals surface area contributed by atoms with Crippen molar-refractivity contribution in [1.82, 2.24) is 9.97 Å². The summed E-state index contributed by atoms with van der Waals surface area (Å²) in [4.78, 5) is 6.71. The Hall–Kier alpha value is -2.11. The molecule has 0 spiro atoms. The van der Waals surface area contributed by atoms with Crippen LogP contribution in [0.25, 0.3) is 0 Å². The third-order valence-corrected chi connectivity index (χ3v) is 1.70. The van der Waals surface area contributed by atoms with Crippen LogP contribution in [0, 0.1) is 17.6 Å². The van der Waals surface area contributed by atoms with E-state index in [1.54, 1.807) is 6.07 Å². The van der Waals surface area contributed by atoms with Crippen LogP contribution in [-0.2, 0) is 0 Å². The number of hydrogen-bond donors (Lipinski definition) is 0. The van der Waals surface area contributed by atoms with Crippen LogP contribution in [0.4, 0.5) is 13.2 Å². The van der Waals surface area contributed by atoms with Crippen LogP contribution in [0.3, 0.4) is 0 Å². The molecule has 0 aliphatic carbocycles. The Kier molecular flexibility index (Phi) is 2.72. The first-order chi connectivity index (χ1) is 7.66. The molecule has 0 saturated heterocycles. The molecular formula is C10H5F3N2O. The van der Waals surface area contributed by atoms with E-state index in [2.05, 4.69) is 9.97 Å². The van der Waals surface area contributed by atoms with Crippen LogP contribution in [0.2, 0.25) is 0 Å². The van der Waals surface area contributed by atoms with Gasteiger partial charge < -0.3 is 4.74 Å². The Morgan fingerprint density at radius 2 is 1.94 bits per heavy atom. The van der Waals surface area contributed by atoms with Gasteiger partial charge >= 0.3 is 0 Å². The molecular weight excluding hydrogens is 221 g/mol. The molecule has 0 radical (unpaired) electrons. The second kappa shape index (κ2) is 4.18. The first-order valence-electron chi connectivity index (χ1n) is 4.26. The van der Waals surface area contributed by atoms with Crippen molar-refractivity contribution in [2.45, 2.75) is 0 Å². The Morgan fingerprint density at radius 3 is 2.62 bits per heavy atom. The lowest BCUT2D eigenvalue weighted by molar-refractivity contribution is 0.386. The minimum absolute atomic E-state index is 0.180. The highest BCUT2D eigenvalue weighted by Gasteiger charge is 2.13. The van der Waals surface area contributed by atoms with Crippen molar-refractivity contribution in [3.8, 4) is 11.6 Å². The predicted molar refractivity (Wildman–Crippen MR) is 48.4 cm³/mol. The van der Waals surface area contributed by atoms with Gasteiger partial charge in [0.15, 0.2) is 11.6 Å². The van der Waals surface area contributed by atoms with Gasteiger partial charge in [-0.2, -0.15) is 9.37 Å². The Bertz CT molecular complexity index is 505. The fourth-order valence-electron chi connectivity index (χ4n) is 1.02. The van der Waals surface area contributed by atoms with Crippen LogP contribution >= 0.6 is 0 Å². The zero-order valence-corrected chi connectivity index (χ0v) is 7.82. The summed E-state index contributed by atoms with van der Waals surface area (Å²) < 4.78 is 43.3. The summed E-state index contributed by atoms with van der Waals surface area (Å²) in [6.45, 7) is 0. The SMILES string of the molecule is Fc1cc(F)c(Oc2cccnc2)nc1F. The average Bonchev–Trinajstić information content (AvgIpc) is 2.27. The van der Waals surface area contributed by atoms with E-state index in [1.165, 1.54) is 18.5 Å². The molecule has 0 atom stereocenters. The normalized spacial score (nSPS) is 10.2. The number of aromatic nitrogens is 2. The van der Waals surface area contributed by atoms with E-state index < -0.39 is 23.5 Å². The van der Waals surface area contributed by atoms with Gasteiger partial charge in [0, 0.05) is 12.3 Å². The lowest BCUT2D eigenvalue weighted by atomic mass is 10.4. The smallest absolute Gasteiger partial charge is 0.258 e. The third kappa shape index (κ3) is 2.10. The van der Waals surface area contributed by atoms with Gasteiger partial charge in [-0.05, 0) is 12.1 Å². The summed E-state index contributed by atoms with van der Waals surface area (Å²) >= 11 is 0. The maximum absolute atomic E-state index is 13.1. The zero-order valence-electron chi connectivity index (χ0n) is 7.82. The standard InChI is InChI=1S/C10H5F3N2O/c11-7-4-8(12)10(15-9(7)13)16-6-2-1-3-14-5-6/h1-5H. The van der Waals surface area contributed by atoms with Crippen molar-refractivity contribution in [3.05, 3.63) is 48.2 Å². The van der Waals surface area contributed by atoms with Crippen molar-refractivity contribution in [1.29, 1.82) is 0 Å². The maximum Gasteiger partial charge on any atom is 0.258 e. The van der Waals surface area contributed by atoms with Gasteiger partial charge in [-0.15, -0.1) is 0 Å². The van der Waals surface area contributed by atoms with E-state index in [1.807, 2.05) is 0 Å².